The summed E-state index contributed by atoms with van der Waals surface area (Å²) in [5.41, 5.74) is -0.614. The number of rotatable bonds is 4. The lowest BCUT2D eigenvalue weighted by Crippen LogP contribution is -2.32. The minimum atomic E-state index is -3.73. The zero-order valence-electron chi connectivity index (χ0n) is 9.54. The van der Waals surface area contributed by atoms with Crippen molar-refractivity contribution < 1.29 is 22.0 Å². The normalized spacial score (nSPS) is 11.3. The van der Waals surface area contributed by atoms with Crippen LogP contribution >= 0.6 is 0 Å². The number of primary sulfonamides is 1. The van der Waals surface area contributed by atoms with Gasteiger partial charge in [-0.25, -0.2) is 22.3 Å². The molecular weight excluding hydrogens is 266 g/mol. The standard InChI is InChI=1S/C10H12F2N2O3S/c1-6-2-3-7(11)8(9(6)12)10(15)14-4-5-18(13,16)17/h2-3H,4-5H2,1H3,(H,14,15)(H2,13,16,17). The van der Waals surface area contributed by atoms with Crippen LogP contribution in [0.4, 0.5) is 8.78 Å². The minimum Gasteiger partial charge on any atom is -0.351 e. The summed E-state index contributed by atoms with van der Waals surface area (Å²) < 4.78 is 48.1. The first-order valence-electron chi connectivity index (χ1n) is 4.95. The molecule has 0 unspecified atom stereocenters. The topological polar surface area (TPSA) is 89.3 Å². The lowest BCUT2D eigenvalue weighted by molar-refractivity contribution is 0.0947. The molecule has 100 valence electrons. The number of carbonyl (C=O) groups is 1. The van der Waals surface area contributed by atoms with Crippen molar-refractivity contribution in [2.24, 2.45) is 5.14 Å². The summed E-state index contributed by atoms with van der Waals surface area (Å²) in [6, 6.07) is 2.17. The molecule has 0 aliphatic rings. The molecule has 0 radical (unpaired) electrons. The number of hydrogen-bond acceptors (Lipinski definition) is 3. The predicted octanol–water partition coefficient (Wildman–Crippen LogP) is 0.292. The quantitative estimate of drug-likeness (QED) is 0.829. The highest BCUT2D eigenvalue weighted by Gasteiger charge is 2.19. The molecule has 18 heavy (non-hydrogen) atoms. The molecule has 1 amide bonds. The highest BCUT2D eigenvalue weighted by atomic mass is 32.2. The lowest BCUT2D eigenvalue weighted by Gasteiger charge is -2.08. The van der Waals surface area contributed by atoms with Gasteiger partial charge in [0.05, 0.1) is 5.75 Å². The molecular formula is C10H12F2N2O3S. The molecule has 0 saturated heterocycles. The molecule has 0 atom stereocenters. The van der Waals surface area contributed by atoms with Gasteiger partial charge in [-0.1, -0.05) is 6.07 Å². The highest BCUT2D eigenvalue weighted by Crippen LogP contribution is 2.15. The fourth-order valence-corrected chi connectivity index (χ4v) is 1.65. The van der Waals surface area contributed by atoms with Crippen molar-refractivity contribution in [1.82, 2.24) is 5.32 Å². The average molecular weight is 278 g/mol. The Morgan fingerprint density at radius 2 is 2.00 bits per heavy atom. The second kappa shape index (κ2) is 5.40. The third kappa shape index (κ3) is 3.74. The van der Waals surface area contributed by atoms with E-state index in [1.165, 1.54) is 13.0 Å². The first kappa shape index (κ1) is 14.5. The van der Waals surface area contributed by atoms with Crippen LogP contribution in [0.2, 0.25) is 0 Å². The highest BCUT2D eigenvalue weighted by molar-refractivity contribution is 7.89. The van der Waals surface area contributed by atoms with Gasteiger partial charge < -0.3 is 5.32 Å². The fourth-order valence-electron chi connectivity index (χ4n) is 1.26. The van der Waals surface area contributed by atoms with Crippen LogP contribution in [0.15, 0.2) is 12.1 Å². The number of nitrogens with two attached hydrogens (primary N) is 1. The average Bonchev–Trinajstić information content (AvgIpc) is 2.22. The molecule has 0 spiro atoms. The van der Waals surface area contributed by atoms with E-state index in [1.807, 2.05) is 0 Å². The first-order valence-corrected chi connectivity index (χ1v) is 6.67. The minimum absolute atomic E-state index is 0.119. The van der Waals surface area contributed by atoms with Crippen LogP contribution < -0.4 is 10.5 Å². The van der Waals surface area contributed by atoms with E-state index in [4.69, 9.17) is 5.14 Å². The van der Waals surface area contributed by atoms with Gasteiger partial charge in [-0.05, 0) is 18.6 Å². The van der Waals surface area contributed by atoms with Crippen molar-refractivity contribution in [3.05, 3.63) is 34.9 Å². The molecule has 1 rings (SSSR count). The molecule has 1 aromatic rings. The summed E-state index contributed by atoms with van der Waals surface area (Å²) >= 11 is 0. The van der Waals surface area contributed by atoms with Crippen LogP contribution in [0.1, 0.15) is 15.9 Å². The van der Waals surface area contributed by atoms with Crippen molar-refractivity contribution >= 4 is 15.9 Å². The van der Waals surface area contributed by atoms with Gasteiger partial charge in [0.15, 0.2) is 0 Å². The van der Waals surface area contributed by atoms with E-state index < -0.39 is 38.9 Å². The zero-order valence-corrected chi connectivity index (χ0v) is 10.4. The van der Waals surface area contributed by atoms with Crippen LogP contribution in [0, 0.1) is 18.6 Å². The Morgan fingerprint density at radius 3 is 2.56 bits per heavy atom. The number of carbonyl (C=O) groups excluding carboxylic acids is 1. The molecule has 0 saturated carbocycles. The number of hydrogen-bond donors (Lipinski definition) is 2. The second-order valence-electron chi connectivity index (χ2n) is 3.68. The van der Waals surface area contributed by atoms with Crippen LogP contribution in [0.3, 0.4) is 0 Å². The van der Waals surface area contributed by atoms with E-state index in [2.05, 4.69) is 5.32 Å². The van der Waals surface area contributed by atoms with Crippen molar-refractivity contribution in [1.29, 1.82) is 0 Å². The molecule has 0 aliphatic carbocycles. The van der Waals surface area contributed by atoms with Crippen molar-refractivity contribution in [3.63, 3.8) is 0 Å². The molecule has 8 heteroatoms. The lowest BCUT2D eigenvalue weighted by atomic mass is 10.1. The molecule has 0 heterocycles. The molecule has 3 N–H and O–H groups in total. The number of benzene rings is 1. The Balaban J connectivity index is 2.82. The first-order chi connectivity index (χ1) is 8.22. The Labute approximate surface area is 103 Å². The molecule has 0 aliphatic heterocycles. The van der Waals surface area contributed by atoms with Gasteiger partial charge >= 0.3 is 0 Å². The maximum absolute atomic E-state index is 13.5. The summed E-state index contributed by atoms with van der Waals surface area (Å²) in [7, 11) is -3.73. The van der Waals surface area contributed by atoms with Gasteiger partial charge in [0, 0.05) is 6.54 Å². The largest absolute Gasteiger partial charge is 0.351 e. The van der Waals surface area contributed by atoms with Crippen LogP contribution in [0.25, 0.3) is 0 Å². The van der Waals surface area contributed by atoms with Gasteiger partial charge in [0.1, 0.15) is 17.2 Å². The van der Waals surface area contributed by atoms with E-state index in [0.29, 0.717) is 0 Å². The molecule has 5 nitrogen and oxygen atoms in total. The number of halogens is 2. The number of aryl methyl sites for hydroxylation is 1. The maximum Gasteiger partial charge on any atom is 0.257 e. The molecule has 0 bridgehead atoms. The van der Waals surface area contributed by atoms with Crippen LogP contribution in [-0.2, 0) is 10.0 Å². The van der Waals surface area contributed by atoms with Gasteiger partial charge in [-0.15, -0.1) is 0 Å². The smallest absolute Gasteiger partial charge is 0.257 e. The summed E-state index contributed by atoms with van der Waals surface area (Å²) in [6.45, 7) is 1.07. The SMILES string of the molecule is Cc1ccc(F)c(C(=O)NCCS(N)(=O)=O)c1F. The van der Waals surface area contributed by atoms with Crippen LogP contribution in [-0.4, -0.2) is 26.6 Å². The van der Waals surface area contributed by atoms with E-state index >= 15 is 0 Å². The van der Waals surface area contributed by atoms with Gasteiger partial charge in [0.25, 0.3) is 5.91 Å². The summed E-state index contributed by atoms with van der Waals surface area (Å²) in [6.07, 6.45) is 0. The van der Waals surface area contributed by atoms with Gasteiger partial charge in [-0.3, -0.25) is 4.79 Å². The van der Waals surface area contributed by atoms with Crippen molar-refractivity contribution in [3.8, 4) is 0 Å². The van der Waals surface area contributed by atoms with E-state index in [-0.39, 0.29) is 12.1 Å². The van der Waals surface area contributed by atoms with E-state index in [9.17, 15) is 22.0 Å². The van der Waals surface area contributed by atoms with E-state index in [1.54, 1.807) is 0 Å². The summed E-state index contributed by atoms with van der Waals surface area (Å²) in [5.74, 6) is -3.50. The fraction of sp³-hybridized carbons (Fsp3) is 0.300. The Bertz CT molecular complexity index is 573. The Hall–Kier alpha value is -1.54. The Morgan fingerprint density at radius 1 is 1.39 bits per heavy atom. The molecule has 0 fully saturated rings. The van der Waals surface area contributed by atoms with Crippen molar-refractivity contribution in [2.75, 3.05) is 12.3 Å². The van der Waals surface area contributed by atoms with Crippen LogP contribution in [0.5, 0.6) is 0 Å². The maximum atomic E-state index is 13.5. The monoisotopic (exact) mass is 278 g/mol. The predicted molar refractivity (Wildman–Crippen MR) is 61.4 cm³/mol. The van der Waals surface area contributed by atoms with Gasteiger partial charge in [-0.2, -0.15) is 0 Å². The summed E-state index contributed by atoms with van der Waals surface area (Å²) in [5, 5.41) is 6.80. The van der Waals surface area contributed by atoms with Gasteiger partial charge in [0.2, 0.25) is 10.0 Å². The number of sulfonamides is 1. The third-order valence-electron chi connectivity index (χ3n) is 2.18. The molecule has 0 aromatic heterocycles. The number of nitrogens with one attached hydrogen (secondary N) is 1. The zero-order chi connectivity index (χ0) is 13.9. The van der Waals surface area contributed by atoms with Crippen molar-refractivity contribution in [2.45, 2.75) is 6.92 Å². The Kier molecular flexibility index (Phi) is 4.36. The second-order valence-corrected chi connectivity index (χ2v) is 5.41. The number of amides is 1. The third-order valence-corrected chi connectivity index (χ3v) is 2.96. The summed E-state index contributed by atoms with van der Waals surface area (Å²) in [4.78, 5) is 11.5. The molecule has 1 aromatic carbocycles. The van der Waals surface area contributed by atoms with E-state index in [0.717, 1.165) is 6.07 Å².